The molecule has 0 aliphatic heterocycles. The lowest BCUT2D eigenvalue weighted by molar-refractivity contribution is 0.102. The van der Waals surface area contributed by atoms with Gasteiger partial charge in [-0.25, -0.2) is 9.67 Å². The normalized spacial score (nSPS) is 10.0. The van der Waals surface area contributed by atoms with Crippen LogP contribution in [0.4, 0.5) is 0 Å². The smallest absolute Gasteiger partial charge is 0.172 e. The molecule has 3 aromatic heterocycles. The van der Waals surface area contributed by atoms with Crippen LogP contribution in [0, 0.1) is 18.3 Å². The quantitative estimate of drug-likeness (QED) is 0.429. The van der Waals surface area contributed by atoms with Crippen molar-refractivity contribution in [2.45, 2.75) is 13.8 Å². The predicted octanol–water partition coefficient (Wildman–Crippen LogP) is 5.11. The number of rotatable bonds is 3. The zero-order valence-corrected chi connectivity index (χ0v) is 17.3. The minimum atomic E-state index is -0.0624. The van der Waals surface area contributed by atoms with E-state index in [2.05, 4.69) is 21.1 Å². The Kier molecular flexibility index (Phi) is 6.50. The molecule has 4 aromatic rings. The average Bonchev–Trinajstić information content (AvgIpc) is 3.32. The Morgan fingerprint density at radius 3 is 2.48 bits per heavy atom. The number of carbonyl (C=O) groups excluding carboxylic acids is 1. The molecule has 0 spiro atoms. The zero-order valence-electron chi connectivity index (χ0n) is 15.7. The van der Waals surface area contributed by atoms with E-state index < -0.39 is 0 Å². The molecule has 0 N–H and O–H groups in total. The van der Waals surface area contributed by atoms with Crippen molar-refractivity contribution in [2.24, 2.45) is 0 Å². The molecular weight excluding hydrogens is 406 g/mol. The molecule has 0 amide bonds. The summed E-state index contributed by atoms with van der Waals surface area (Å²) in [7, 11) is 0. The van der Waals surface area contributed by atoms with Crippen molar-refractivity contribution in [1.82, 2.24) is 19.7 Å². The maximum absolute atomic E-state index is 11.2. The van der Waals surface area contributed by atoms with E-state index in [4.69, 9.17) is 16.9 Å². The van der Waals surface area contributed by atoms with E-state index in [0.29, 0.717) is 10.4 Å². The Labute approximate surface area is 177 Å². The molecule has 144 valence electrons. The Hall–Kier alpha value is -3.34. The minimum Gasteiger partial charge on any atom is -0.293 e. The molecule has 1 aromatic carbocycles. The highest BCUT2D eigenvalue weighted by Crippen LogP contribution is 2.30. The molecule has 3 heterocycles. The number of nitriles is 1. The van der Waals surface area contributed by atoms with E-state index in [9.17, 15) is 4.79 Å². The van der Waals surface area contributed by atoms with Gasteiger partial charge in [-0.3, -0.25) is 9.78 Å². The fraction of sp³-hybridized carbons (Fsp3) is 0.0952. The van der Waals surface area contributed by atoms with Crippen molar-refractivity contribution in [3.63, 3.8) is 0 Å². The Morgan fingerprint density at radius 1 is 1.17 bits per heavy atom. The number of aromatic nitrogens is 4. The predicted molar refractivity (Wildman–Crippen MR) is 113 cm³/mol. The number of nitrogens with zero attached hydrogens (tertiary/aromatic N) is 5. The molecule has 0 atom stereocenters. The van der Waals surface area contributed by atoms with Crippen molar-refractivity contribution in [2.75, 3.05) is 0 Å². The van der Waals surface area contributed by atoms with Gasteiger partial charge < -0.3 is 0 Å². The van der Waals surface area contributed by atoms with Crippen LogP contribution in [0.2, 0.25) is 5.15 Å². The van der Waals surface area contributed by atoms with Gasteiger partial charge in [-0.1, -0.05) is 29.8 Å². The second-order valence-corrected chi connectivity index (χ2v) is 7.30. The largest absolute Gasteiger partial charge is 0.293 e. The van der Waals surface area contributed by atoms with Crippen LogP contribution in [0.5, 0.6) is 0 Å². The molecule has 4 rings (SSSR count). The fourth-order valence-corrected chi connectivity index (χ4v) is 3.71. The second-order valence-electron chi connectivity index (χ2n) is 5.94. The van der Waals surface area contributed by atoms with E-state index in [1.807, 2.05) is 49.4 Å². The van der Waals surface area contributed by atoms with Gasteiger partial charge in [0, 0.05) is 24.9 Å². The monoisotopic (exact) mass is 421 g/mol. The van der Waals surface area contributed by atoms with Crippen molar-refractivity contribution >= 4 is 28.7 Å². The molecule has 0 fully saturated rings. The summed E-state index contributed by atoms with van der Waals surface area (Å²) in [5.41, 5.74) is 3.34. The lowest BCUT2D eigenvalue weighted by atomic mass is 10.3. The summed E-state index contributed by atoms with van der Waals surface area (Å²) in [6.45, 7) is 3.37. The number of halogens is 1. The highest BCUT2D eigenvalue weighted by Gasteiger charge is 2.14. The first kappa shape index (κ1) is 20.4. The van der Waals surface area contributed by atoms with Gasteiger partial charge in [0.15, 0.2) is 10.9 Å². The van der Waals surface area contributed by atoms with Crippen LogP contribution >= 0.6 is 22.9 Å². The van der Waals surface area contributed by atoms with Crippen LogP contribution in [-0.4, -0.2) is 25.5 Å². The van der Waals surface area contributed by atoms with Crippen LogP contribution in [0.25, 0.3) is 16.3 Å². The molecule has 0 saturated carbocycles. The third kappa shape index (κ3) is 4.74. The van der Waals surface area contributed by atoms with E-state index in [-0.39, 0.29) is 10.9 Å². The van der Waals surface area contributed by atoms with Gasteiger partial charge in [0.2, 0.25) is 0 Å². The van der Waals surface area contributed by atoms with Crippen molar-refractivity contribution in [3.8, 4) is 22.3 Å². The standard InChI is InChI=1S/C11H9N3.C10H7ClN2OS/c1-9-10(7-12)8-13-14(9)11-5-3-2-4-6-11;1-6(14)8-9(11)13-10(15-8)7-3-2-4-12-5-7/h2-6,8H,1H3;2-5H,1H3. The average molecular weight is 422 g/mol. The summed E-state index contributed by atoms with van der Waals surface area (Å²) < 4.78 is 1.76. The maximum Gasteiger partial charge on any atom is 0.172 e. The van der Waals surface area contributed by atoms with E-state index >= 15 is 0 Å². The lowest BCUT2D eigenvalue weighted by Crippen LogP contribution is -1.98. The number of benzene rings is 1. The van der Waals surface area contributed by atoms with Gasteiger partial charge in [0.1, 0.15) is 16.0 Å². The summed E-state index contributed by atoms with van der Waals surface area (Å²) in [6.07, 6.45) is 4.96. The SMILES string of the molecule is CC(=O)c1sc(-c2cccnc2)nc1Cl.Cc1c(C#N)cnn1-c1ccccc1. The number of ketones is 1. The van der Waals surface area contributed by atoms with E-state index in [1.54, 1.807) is 23.3 Å². The van der Waals surface area contributed by atoms with Gasteiger partial charge in [0.25, 0.3) is 0 Å². The molecule has 0 unspecified atom stereocenters. The highest BCUT2D eigenvalue weighted by atomic mass is 35.5. The summed E-state index contributed by atoms with van der Waals surface area (Å²) in [6, 6.07) is 15.6. The first-order chi connectivity index (χ1) is 14.0. The topological polar surface area (TPSA) is 84.5 Å². The first-order valence-corrected chi connectivity index (χ1v) is 9.78. The molecule has 0 radical (unpaired) electrons. The Balaban J connectivity index is 0.000000166. The van der Waals surface area contributed by atoms with Crippen LogP contribution < -0.4 is 0 Å². The fourth-order valence-electron chi connectivity index (χ4n) is 2.48. The Bertz CT molecular complexity index is 1160. The lowest BCUT2D eigenvalue weighted by Gasteiger charge is -2.02. The molecule has 0 aliphatic carbocycles. The van der Waals surface area contributed by atoms with Crippen LogP contribution in [0.15, 0.2) is 61.1 Å². The molecule has 6 nitrogen and oxygen atoms in total. The third-order valence-electron chi connectivity index (χ3n) is 3.95. The van der Waals surface area contributed by atoms with Crippen LogP contribution in [-0.2, 0) is 0 Å². The van der Waals surface area contributed by atoms with Crippen LogP contribution in [0.1, 0.15) is 27.9 Å². The number of para-hydroxylation sites is 1. The molecule has 0 aliphatic rings. The van der Waals surface area contributed by atoms with E-state index in [1.165, 1.54) is 18.3 Å². The highest BCUT2D eigenvalue weighted by molar-refractivity contribution is 7.17. The van der Waals surface area contributed by atoms with E-state index in [0.717, 1.165) is 22.0 Å². The van der Waals surface area contributed by atoms with Gasteiger partial charge in [-0.2, -0.15) is 10.4 Å². The molecule has 0 saturated heterocycles. The third-order valence-corrected chi connectivity index (χ3v) is 5.54. The van der Waals surface area contributed by atoms with Crippen molar-refractivity contribution < 1.29 is 4.79 Å². The van der Waals surface area contributed by atoms with Crippen molar-refractivity contribution in [3.05, 3.63) is 82.3 Å². The Morgan fingerprint density at radius 2 is 1.93 bits per heavy atom. The number of hydrogen-bond acceptors (Lipinski definition) is 6. The molecule has 8 heteroatoms. The summed E-state index contributed by atoms with van der Waals surface area (Å²) in [5, 5.41) is 13.9. The number of Topliss-reactive ketones (excluding diaryl/α,β-unsaturated/α-hetero) is 1. The van der Waals surface area contributed by atoms with Gasteiger partial charge in [-0.05, 0) is 31.2 Å². The number of pyridine rings is 1. The number of carbonyl (C=O) groups is 1. The maximum atomic E-state index is 11.2. The molecular formula is C21H16ClN5OS. The van der Waals surface area contributed by atoms with Crippen LogP contribution in [0.3, 0.4) is 0 Å². The summed E-state index contributed by atoms with van der Waals surface area (Å²) in [4.78, 5) is 19.8. The molecule has 0 bridgehead atoms. The summed E-state index contributed by atoms with van der Waals surface area (Å²) >= 11 is 7.14. The van der Waals surface area contributed by atoms with Crippen molar-refractivity contribution in [1.29, 1.82) is 5.26 Å². The minimum absolute atomic E-state index is 0.0624. The number of thiazole rings is 1. The van der Waals surface area contributed by atoms with Gasteiger partial charge in [0.05, 0.1) is 23.1 Å². The van der Waals surface area contributed by atoms with Gasteiger partial charge in [-0.15, -0.1) is 11.3 Å². The first-order valence-electron chi connectivity index (χ1n) is 8.59. The molecule has 29 heavy (non-hydrogen) atoms. The zero-order chi connectivity index (χ0) is 20.8. The summed E-state index contributed by atoms with van der Waals surface area (Å²) in [5.74, 6) is -0.0624. The number of hydrogen-bond donors (Lipinski definition) is 0. The van der Waals surface area contributed by atoms with Gasteiger partial charge >= 0.3 is 0 Å². The second kappa shape index (κ2) is 9.24.